The van der Waals surface area contributed by atoms with Gasteiger partial charge in [0.05, 0.1) is 5.75 Å². The normalized spacial score (nSPS) is 20.8. The number of thioether (sulfide) groups is 1. The minimum absolute atomic E-state index is 0.0511. The smallest absolute Gasteiger partial charge is 0.206 e. The summed E-state index contributed by atoms with van der Waals surface area (Å²) < 4.78 is 0.954. The predicted molar refractivity (Wildman–Crippen MR) is 99.8 cm³/mol. The van der Waals surface area contributed by atoms with Crippen LogP contribution in [0.25, 0.3) is 0 Å². The molecule has 0 bridgehead atoms. The number of carbonyl (C=O) groups excluding carboxylic acids is 1. The van der Waals surface area contributed by atoms with Gasteiger partial charge in [-0.05, 0) is 18.2 Å². The fourth-order valence-electron chi connectivity index (χ4n) is 2.69. The summed E-state index contributed by atoms with van der Waals surface area (Å²) in [5, 5.41) is 12.4. The van der Waals surface area contributed by atoms with Crippen molar-refractivity contribution in [1.29, 1.82) is 0 Å². The summed E-state index contributed by atoms with van der Waals surface area (Å²) in [6.45, 7) is 0. The van der Waals surface area contributed by atoms with Crippen molar-refractivity contribution < 1.29 is 4.79 Å². The summed E-state index contributed by atoms with van der Waals surface area (Å²) in [4.78, 5) is 16.8. The molecule has 2 aliphatic heterocycles. The number of para-hydroxylation sites is 1. The van der Waals surface area contributed by atoms with Gasteiger partial charge in [-0.25, -0.2) is 4.99 Å². The average molecular weight is 401 g/mol. The maximum atomic E-state index is 12.2. The van der Waals surface area contributed by atoms with Crippen LogP contribution in [0.1, 0.15) is 22.0 Å². The number of aliphatic imine (C=N–C) groups is 1. The third-order valence-electron chi connectivity index (χ3n) is 3.90. The Labute approximate surface area is 151 Å². The molecular formula is C17H13BrN4OS. The van der Waals surface area contributed by atoms with Crippen LogP contribution in [0.3, 0.4) is 0 Å². The van der Waals surface area contributed by atoms with Crippen molar-refractivity contribution in [1.82, 2.24) is 0 Å². The maximum absolute atomic E-state index is 12.2. The Bertz CT molecular complexity index is 850. The summed E-state index contributed by atoms with van der Waals surface area (Å²) in [5.41, 5.74) is 2.85. The third-order valence-corrected chi connectivity index (χ3v) is 5.28. The number of azo groups is 1. The summed E-state index contributed by atoms with van der Waals surface area (Å²) in [6.07, 6.45) is -0.134. The van der Waals surface area contributed by atoms with E-state index < -0.39 is 0 Å². The summed E-state index contributed by atoms with van der Waals surface area (Å²) in [5.74, 6) is 0.347. The maximum Gasteiger partial charge on any atom is 0.206 e. The van der Waals surface area contributed by atoms with Crippen LogP contribution in [0.2, 0.25) is 0 Å². The number of halogens is 1. The fraction of sp³-hybridized carbons (Fsp3) is 0.176. The van der Waals surface area contributed by atoms with E-state index in [1.807, 2.05) is 48.5 Å². The standard InChI is InChI=1S/C17H13BrN4OS/c18-11-7-5-10(6-8-11)14(23)9-24-17-20-16-15(21-22-17)12-3-1-2-4-13(12)19-16/h1-8,15-16,19H,9H2. The van der Waals surface area contributed by atoms with Gasteiger partial charge in [-0.1, -0.05) is 58.0 Å². The number of carbonyl (C=O) groups is 1. The first-order valence-electron chi connectivity index (χ1n) is 7.46. The molecule has 0 aliphatic carbocycles. The highest BCUT2D eigenvalue weighted by Crippen LogP contribution is 2.39. The van der Waals surface area contributed by atoms with Crippen molar-refractivity contribution in [2.24, 2.45) is 15.2 Å². The molecule has 0 aromatic heterocycles. The summed E-state index contributed by atoms with van der Waals surface area (Å²) >= 11 is 4.68. The zero-order valence-corrected chi connectivity index (χ0v) is 14.9. The predicted octanol–water partition coefficient (Wildman–Crippen LogP) is 4.68. The fourth-order valence-corrected chi connectivity index (χ4v) is 3.68. The van der Waals surface area contributed by atoms with E-state index in [1.54, 1.807) is 0 Å². The van der Waals surface area contributed by atoms with Crippen LogP contribution < -0.4 is 5.32 Å². The van der Waals surface area contributed by atoms with E-state index >= 15 is 0 Å². The van der Waals surface area contributed by atoms with E-state index in [0.717, 1.165) is 15.7 Å². The SMILES string of the molecule is O=C(CSC1=NC2Nc3ccccc3C2N=N1)c1ccc(Br)cc1. The Morgan fingerprint density at radius 2 is 1.96 bits per heavy atom. The van der Waals surface area contributed by atoms with E-state index in [4.69, 9.17) is 0 Å². The average Bonchev–Trinajstić information content (AvgIpc) is 2.98. The van der Waals surface area contributed by atoms with Crippen molar-refractivity contribution in [3.63, 3.8) is 0 Å². The number of hydrogen-bond donors (Lipinski definition) is 1. The highest BCUT2D eigenvalue weighted by Gasteiger charge is 2.34. The Morgan fingerprint density at radius 3 is 2.79 bits per heavy atom. The van der Waals surface area contributed by atoms with Gasteiger partial charge in [0.25, 0.3) is 0 Å². The van der Waals surface area contributed by atoms with Crippen LogP contribution >= 0.6 is 27.7 Å². The van der Waals surface area contributed by atoms with E-state index in [2.05, 4.69) is 36.5 Å². The van der Waals surface area contributed by atoms with E-state index in [9.17, 15) is 4.79 Å². The van der Waals surface area contributed by atoms with Gasteiger partial charge in [0.2, 0.25) is 5.17 Å². The molecule has 2 aliphatic rings. The third kappa shape index (κ3) is 3.01. The van der Waals surface area contributed by atoms with E-state index in [-0.39, 0.29) is 18.0 Å². The summed E-state index contributed by atoms with van der Waals surface area (Å²) in [7, 11) is 0. The van der Waals surface area contributed by atoms with Crippen LogP contribution in [-0.2, 0) is 0 Å². The molecule has 24 heavy (non-hydrogen) atoms. The van der Waals surface area contributed by atoms with E-state index in [1.165, 1.54) is 11.8 Å². The van der Waals surface area contributed by atoms with Crippen molar-refractivity contribution >= 4 is 44.3 Å². The van der Waals surface area contributed by atoms with Crippen molar-refractivity contribution in [3.8, 4) is 0 Å². The quantitative estimate of drug-likeness (QED) is 0.760. The van der Waals surface area contributed by atoms with Gasteiger partial charge < -0.3 is 5.32 Å². The first-order chi connectivity index (χ1) is 11.7. The monoisotopic (exact) mass is 400 g/mol. The molecule has 2 atom stereocenters. The zero-order chi connectivity index (χ0) is 16.5. The van der Waals surface area contributed by atoms with Gasteiger partial charge in [0, 0.05) is 21.3 Å². The lowest BCUT2D eigenvalue weighted by atomic mass is 10.1. The lowest BCUT2D eigenvalue weighted by Crippen LogP contribution is -2.21. The minimum Gasteiger partial charge on any atom is -0.361 e. The highest BCUT2D eigenvalue weighted by atomic mass is 79.9. The number of fused-ring (bicyclic) bond motifs is 3. The van der Waals surface area contributed by atoms with Gasteiger partial charge in [-0.2, -0.15) is 5.11 Å². The molecule has 0 saturated heterocycles. The van der Waals surface area contributed by atoms with Crippen molar-refractivity contribution in [2.45, 2.75) is 12.2 Å². The van der Waals surface area contributed by atoms with Crippen LogP contribution in [0.5, 0.6) is 0 Å². The number of benzene rings is 2. The number of nitrogens with zero attached hydrogens (tertiary/aromatic N) is 3. The van der Waals surface area contributed by atoms with Gasteiger partial charge in [-0.3, -0.25) is 4.79 Å². The molecule has 7 heteroatoms. The second-order valence-corrected chi connectivity index (χ2v) is 7.33. The molecule has 1 N–H and O–H groups in total. The Balaban J connectivity index is 1.42. The largest absolute Gasteiger partial charge is 0.361 e. The first kappa shape index (κ1) is 15.5. The van der Waals surface area contributed by atoms with Gasteiger partial charge >= 0.3 is 0 Å². The Morgan fingerprint density at radius 1 is 1.17 bits per heavy atom. The van der Waals surface area contributed by atoms with Crippen LogP contribution in [0, 0.1) is 0 Å². The molecule has 2 heterocycles. The minimum atomic E-state index is -0.134. The number of anilines is 1. The molecule has 2 aromatic rings. The molecule has 2 aromatic carbocycles. The number of rotatable bonds is 3. The van der Waals surface area contributed by atoms with Crippen LogP contribution in [0.4, 0.5) is 5.69 Å². The number of hydrogen-bond acceptors (Lipinski definition) is 6. The Kier molecular flexibility index (Phi) is 4.20. The first-order valence-corrected chi connectivity index (χ1v) is 9.24. The molecule has 0 fully saturated rings. The molecule has 2 unspecified atom stereocenters. The number of nitrogens with one attached hydrogen (secondary N) is 1. The molecular weight excluding hydrogens is 388 g/mol. The molecule has 0 saturated carbocycles. The van der Waals surface area contributed by atoms with Crippen molar-refractivity contribution in [2.75, 3.05) is 11.1 Å². The van der Waals surface area contributed by atoms with E-state index in [0.29, 0.717) is 16.5 Å². The van der Waals surface area contributed by atoms with Gasteiger partial charge in [0.15, 0.2) is 11.9 Å². The second-order valence-electron chi connectivity index (χ2n) is 5.47. The second kappa shape index (κ2) is 6.49. The number of amidine groups is 1. The molecule has 0 spiro atoms. The lowest BCUT2D eigenvalue weighted by Gasteiger charge is -2.16. The number of Topliss-reactive ketones (excluding diaryl/α,β-unsaturated/α-hetero) is 1. The molecule has 0 amide bonds. The highest BCUT2D eigenvalue weighted by molar-refractivity contribution is 9.10. The van der Waals surface area contributed by atoms with Crippen molar-refractivity contribution in [3.05, 3.63) is 64.1 Å². The topological polar surface area (TPSA) is 66.2 Å². The molecule has 120 valence electrons. The van der Waals surface area contributed by atoms with Crippen LogP contribution in [0.15, 0.2) is 68.2 Å². The van der Waals surface area contributed by atoms with Gasteiger partial charge in [-0.15, -0.1) is 5.11 Å². The molecule has 4 rings (SSSR count). The molecule has 0 radical (unpaired) electrons. The van der Waals surface area contributed by atoms with Gasteiger partial charge in [0.1, 0.15) is 6.04 Å². The van der Waals surface area contributed by atoms with Crippen LogP contribution in [-0.4, -0.2) is 22.9 Å². The number of ketones is 1. The lowest BCUT2D eigenvalue weighted by molar-refractivity contribution is 0.102. The zero-order valence-electron chi connectivity index (χ0n) is 12.5. The summed E-state index contributed by atoms with van der Waals surface area (Å²) in [6, 6.07) is 15.3. The molecule has 5 nitrogen and oxygen atoms in total. The Hall–Kier alpha value is -1.99.